The molecular formula is C16H12BrN3O4S. The highest BCUT2D eigenvalue weighted by Gasteiger charge is 2.14. The Hall–Kier alpha value is -2.23. The fourth-order valence-electron chi connectivity index (χ4n) is 2.04. The third-order valence-corrected chi connectivity index (χ3v) is 4.77. The molecule has 1 atom stereocenters. The number of nitro benzene ring substituents is 1. The van der Waals surface area contributed by atoms with Crippen molar-refractivity contribution in [2.45, 2.75) is 11.3 Å². The number of aromatic nitrogens is 2. The van der Waals surface area contributed by atoms with Crippen molar-refractivity contribution in [1.82, 2.24) is 10.2 Å². The lowest BCUT2D eigenvalue weighted by Gasteiger charge is -2.08. The average molecular weight is 422 g/mol. The second-order valence-electron chi connectivity index (χ2n) is 5.06. The number of hydrogen-bond donors (Lipinski definition) is 1. The summed E-state index contributed by atoms with van der Waals surface area (Å²) in [6.07, 6.45) is -0.659. The molecule has 2 aromatic carbocycles. The third-order valence-electron chi connectivity index (χ3n) is 3.35. The van der Waals surface area contributed by atoms with Crippen molar-refractivity contribution in [3.8, 4) is 11.5 Å². The maximum atomic E-state index is 10.7. The van der Waals surface area contributed by atoms with Crippen molar-refractivity contribution in [2.75, 3.05) is 5.75 Å². The van der Waals surface area contributed by atoms with Crippen LogP contribution in [0.1, 0.15) is 11.7 Å². The summed E-state index contributed by atoms with van der Waals surface area (Å²) in [7, 11) is 0. The van der Waals surface area contributed by atoms with Gasteiger partial charge in [0.05, 0.1) is 11.0 Å². The summed E-state index contributed by atoms with van der Waals surface area (Å²) in [5.41, 5.74) is 1.39. The fourth-order valence-corrected chi connectivity index (χ4v) is 3.04. The van der Waals surface area contributed by atoms with E-state index >= 15 is 0 Å². The topological polar surface area (TPSA) is 102 Å². The fraction of sp³-hybridized carbons (Fsp3) is 0.125. The van der Waals surface area contributed by atoms with Gasteiger partial charge in [-0.3, -0.25) is 10.1 Å². The van der Waals surface area contributed by atoms with E-state index in [9.17, 15) is 15.2 Å². The Morgan fingerprint density at radius 3 is 2.48 bits per heavy atom. The summed E-state index contributed by atoms with van der Waals surface area (Å²) in [5, 5.41) is 29.0. The van der Waals surface area contributed by atoms with Crippen molar-refractivity contribution in [1.29, 1.82) is 0 Å². The van der Waals surface area contributed by atoms with Crippen molar-refractivity contribution < 1.29 is 14.4 Å². The highest BCUT2D eigenvalue weighted by molar-refractivity contribution is 9.10. The maximum absolute atomic E-state index is 10.7. The van der Waals surface area contributed by atoms with Gasteiger partial charge in [-0.1, -0.05) is 39.8 Å². The largest absolute Gasteiger partial charge is 0.411 e. The first-order valence-corrected chi connectivity index (χ1v) is 8.95. The summed E-state index contributed by atoms with van der Waals surface area (Å²) in [6, 6.07) is 13.3. The van der Waals surface area contributed by atoms with Crippen LogP contribution < -0.4 is 0 Å². The molecular weight excluding hydrogens is 410 g/mol. The first-order chi connectivity index (χ1) is 12.0. The smallest absolute Gasteiger partial charge is 0.276 e. The van der Waals surface area contributed by atoms with E-state index in [2.05, 4.69) is 26.1 Å². The summed E-state index contributed by atoms with van der Waals surface area (Å²) in [5.74, 6) is 0.638. The quantitative estimate of drug-likeness (QED) is 0.360. The number of thioether (sulfide) groups is 1. The number of benzene rings is 2. The number of halogens is 1. The van der Waals surface area contributed by atoms with Gasteiger partial charge in [0.25, 0.3) is 10.9 Å². The number of aliphatic hydroxyl groups excluding tert-OH is 1. The number of nitro groups is 1. The molecule has 0 unspecified atom stereocenters. The first-order valence-electron chi connectivity index (χ1n) is 7.17. The van der Waals surface area contributed by atoms with Gasteiger partial charge in [0.15, 0.2) is 0 Å². The van der Waals surface area contributed by atoms with E-state index in [0.29, 0.717) is 16.5 Å². The second-order valence-corrected chi connectivity index (χ2v) is 6.94. The molecule has 0 aliphatic heterocycles. The molecule has 0 aliphatic carbocycles. The highest BCUT2D eigenvalue weighted by Crippen LogP contribution is 2.28. The zero-order chi connectivity index (χ0) is 17.8. The number of aliphatic hydroxyl groups is 1. The van der Waals surface area contributed by atoms with Crippen LogP contribution in [0.3, 0.4) is 0 Å². The van der Waals surface area contributed by atoms with Crippen LogP contribution in [0.15, 0.2) is 62.6 Å². The number of nitrogens with zero attached hydrogens (tertiary/aromatic N) is 3. The number of non-ortho nitro benzene ring substituents is 1. The van der Waals surface area contributed by atoms with Crippen LogP contribution in [0.2, 0.25) is 0 Å². The molecule has 0 aliphatic rings. The van der Waals surface area contributed by atoms with Crippen molar-refractivity contribution >= 4 is 33.4 Å². The zero-order valence-corrected chi connectivity index (χ0v) is 15.1. The van der Waals surface area contributed by atoms with Crippen LogP contribution in [0.25, 0.3) is 11.5 Å². The molecule has 25 heavy (non-hydrogen) atoms. The van der Waals surface area contributed by atoms with Gasteiger partial charge in [-0.25, -0.2) is 0 Å². The van der Waals surface area contributed by atoms with E-state index in [1.54, 1.807) is 12.1 Å². The van der Waals surface area contributed by atoms with Gasteiger partial charge in [-0.15, -0.1) is 10.2 Å². The molecule has 0 fully saturated rings. The van der Waals surface area contributed by atoms with E-state index < -0.39 is 11.0 Å². The molecule has 1 heterocycles. The maximum Gasteiger partial charge on any atom is 0.276 e. The van der Waals surface area contributed by atoms with Gasteiger partial charge in [0.1, 0.15) is 0 Å². The molecule has 0 radical (unpaired) electrons. The van der Waals surface area contributed by atoms with Gasteiger partial charge in [-0.2, -0.15) is 0 Å². The molecule has 128 valence electrons. The molecule has 3 rings (SSSR count). The summed E-state index contributed by atoms with van der Waals surface area (Å²) in [4.78, 5) is 10.2. The van der Waals surface area contributed by atoms with Crippen LogP contribution in [0.4, 0.5) is 5.69 Å². The number of rotatable bonds is 6. The van der Waals surface area contributed by atoms with E-state index in [4.69, 9.17) is 4.42 Å². The second kappa shape index (κ2) is 7.77. The molecule has 1 aromatic heterocycles. The van der Waals surface area contributed by atoms with E-state index in [1.165, 1.54) is 23.9 Å². The Bertz CT molecular complexity index is 868. The Labute approximate surface area is 155 Å². The van der Waals surface area contributed by atoms with Crippen molar-refractivity contribution in [3.05, 3.63) is 68.7 Å². The lowest BCUT2D eigenvalue weighted by Crippen LogP contribution is -2.00. The summed E-state index contributed by atoms with van der Waals surface area (Å²) >= 11 is 4.59. The molecule has 1 N–H and O–H groups in total. The van der Waals surface area contributed by atoms with Crippen LogP contribution in [-0.2, 0) is 0 Å². The minimum absolute atomic E-state index is 0.00418. The monoisotopic (exact) mass is 421 g/mol. The van der Waals surface area contributed by atoms with Crippen molar-refractivity contribution in [3.63, 3.8) is 0 Å². The first kappa shape index (κ1) is 17.6. The highest BCUT2D eigenvalue weighted by atomic mass is 79.9. The Morgan fingerprint density at radius 2 is 1.84 bits per heavy atom. The molecule has 3 aromatic rings. The zero-order valence-electron chi connectivity index (χ0n) is 12.7. The SMILES string of the molecule is O=[N+]([O-])c1ccc(-c2nnc(SC[C@H](O)c3ccc(Br)cc3)o2)cc1. The van der Waals surface area contributed by atoms with Gasteiger partial charge in [0.2, 0.25) is 5.89 Å². The van der Waals surface area contributed by atoms with Crippen LogP contribution in [0, 0.1) is 10.1 Å². The standard InChI is InChI=1S/C16H12BrN3O4S/c17-12-5-1-10(2-6-12)14(21)9-25-16-19-18-15(24-16)11-3-7-13(8-4-11)20(22)23/h1-8,14,21H,9H2/t14-/m0/s1. The third kappa shape index (κ3) is 4.44. The molecule has 9 heteroatoms. The van der Waals surface area contributed by atoms with E-state index in [1.807, 2.05) is 24.3 Å². The Balaban J connectivity index is 1.63. The summed E-state index contributed by atoms with van der Waals surface area (Å²) in [6.45, 7) is 0. The van der Waals surface area contributed by atoms with Crippen LogP contribution in [0.5, 0.6) is 0 Å². The molecule has 0 saturated carbocycles. The Morgan fingerprint density at radius 1 is 1.16 bits per heavy atom. The lowest BCUT2D eigenvalue weighted by atomic mass is 10.1. The molecule has 7 nitrogen and oxygen atoms in total. The van der Waals surface area contributed by atoms with Crippen LogP contribution >= 0.6 is 27.7 Å². The van der Waals surface area contributed by atoms with Gasteiger partial charge < -0.3 is 9.52 Å². The minimum atomic E-state index is -0.659. The molecule has 0 bridgehead atoms. The summed E-state index contributed by atoms with van der Waals surface area (Å²) < 4.78 is 6.47. The predicted molar refractivity (Wildman–Crippen MR) is 96.2 cm³/mol. The minimum Gasteiger partial charge on any atom is -0.411 e. The van der Waals surface area contributed by atoms with Gasteiger partial charge >= 0.3 is 0 Å². The average Bonchev–Trinajstić information content (AvgIpc) is 3.09. The van der Waals surface area contributed by atoms with Crippen LogP contribution in [-0.4, -0.2) is 26.0 Å². The number of hydrogen-bond acceptors (Lipinski definition) is 7. The van der Waals surface area contributed by atoms with Gasteiger partial charge in [0, 0.05) is 27.9 Å². The molecule has 0 spiro atoms. The van der Waals surface area contributed by atoms with E-state index in [0.717, 1.165) is 10.0 Å². The van der Waals surface area contributed by atoms with E-state index in [-0.39, 0.29) is 11.6 Å². The molecule has 0 amide bonds. The lowest BCUT2D eigenvalue weighted by molar-refractivity contribution is -0.384. The normalized spacial score (nSPS) is 12.1. The van der Waals surface area contributed by atoms with Crippen molar-refractivity contribution in [2.24, 2.45) is 0 Å². The predicted octanol–water partition coefficient (Wildman–Crippen LogP) is 4.23. The van der Waals surface area contributed by atoms with Gasteiger partial charge in [-0.05, 0) is 29.8 Å². The Kier molecular flexibility index (Phi) is 5.47. The molecule has 0 saturated heterocycles.